The predicted molar refractivity (Wildman–Crippen MR) is 145 cm³/mol. The van der Waals surface area contributed by atoms with E-state index in [1.165, 1.54) is 29.7 Å². The molecule has 1 fully saturated rings. The first-order valence-corrected chi connectivity index (χ1v) is 13.3. The molecule has 2 heterocycles. The van der Waals surface area contributed by atoms with E-state index in [0.717, 1.165) is 50.4 Å². The number of ether oxygens (including phenoxy) is 1. The Hall–Kier alpha value is -3.87. The Labute approximate surface area is 217 Å². The van der Waals surface area contributed by atoms with E-state index in [2.05, 4.69) is 46.4 Å². The average Bonchev–Trinajstić information content (AvgIpc) is 3.36. The molecule has 0 N–H and O–H groups in total. The second-order valence-corrected chi connectivity index (χ2v) is 9.62. The summed E-state index contributed by atoms with van der Waals surface area (Å²) in [7, 11) is 0. The molecule has 3 aromatic carbocycles. The molecule has 0 saturated carbocycles. The first-order chi connectivity index (χ1) is 18.2. The minimum absolute atomic E-state index is 0.464. The van der Waals surface area contributed by atoms with Crippen LogP contribution in [-0.2, 0) is 0 Å². The Bertz CT molecular complexity index is 1290. The van der Waals surface area contributed by atoms with Gasteiger partial charge in [0.15, 0.2) is 0 Å². The van der Waals surface area contributed by atoms with E-state index in [0.29, 0.717) is 22.5 Å². The van der Waals surface area contributed by atoms with Crippen LogP contribution < -0.4 is 14.5 Å². The summed E-state index contributed by atoms with van der Waals surface area (Å²) in [6, 6.07) is 23.6. The summed E-state index contributed by atoms with van der Waals surface area (Å²) in [6.45, 7) is 4.98. The normalized spacial score (nSPS) is 14.1. The van der Waals surface area contributed by atoms with E-state index < -0.39 is 5.97 Å². The van der Waals surface area contributed by atoms with Crippen LogP contribution in [0.15, 0.2) is 72.8 Å². The number of para-hydroxylation sites is 1. The number of anilines is 1. The minimum Gasteiger partial charge on any atom is -0.494 e. The molecule has 192 valence electrons. The van der Waals surface area contributed by atoms with Gasteiger partial charge < -0.3 is 14.5 Å². The topological polar surface area (TPSA) is 69.5 Å². The van der Waals surface area contributed by atoms with Crippen LogP contribution in [0.3, 0.4) is 0 Å². The summed E-state index contributed by atoms with van der Waals surface area (Å²) in [5.41, 5.74) is 4.31. The van der Waals surface area contributed by atoms with Gasteiger partial charge in [-0.2, -0.15) is 0 Å². The molecule has 7 heteroatoms. The molecule has 7 nitrogen and oxygen atoms in total. The van der Waals surface area contributed by atoms with Crippen LogP contribution in [0.5, 0.6) is 5.75 Å². The molecule has 0 spiro atoms. The fourth-order valence-corrected chi connectivity index (χ4v) is 4.88. The van der Waals surface area contributed by atoms with Gasteiger partial charge >= 0.3 is 5.97 Å². The maximum absolute atomic E-state index is 12.6. The second-order valence-electron chi connectivity index (χ2n) is 9.62. The molecule has 0 atom stereocenters. The summed E-state index contributed by atoms with van der Waals surface area (Å²) in [5.74, 6) is 1.06. The zero-order chi connectivity index (χ0) is 25.5. The summed E-state index contributed by atoms with van der Waals surface area (Å²) in [6.07, 6.45) is 7.08. The SMILES string of the molecule is CCCCCCOc1ccc(C2CCN(c3ccc(C(=O)On4nnc5ccccc54)cc3)CC2)cc1. The third-order valence-electron chi connectivity index (χ3n) is 7.07. The highest BCUT2D eigenvalue weighted by Crippen LogP contribution is 2.31. The zero-order valence-electron chi connectivity index (χ0n) is 21.4. The molecule has 37 heavy (non-hydrogen) atoms. The van der Waals surface area contributed by atoms with Crippen molar-refractivity contribution in [3.05, 3.63) is 83.9 Å². The molecular formula is C30H34N4O3. The highest BCUT2D eigenvalue weighted by atomic mass is 16.7. The molecule has 0 bridgehead atoms. The van der Waals surface area contributed by atoms with E-state index in [1.807, 2.05) is 48.5 Å². The summed E-state index contributed by atoms with van der Waals surface area (Å²) in [5, 5.41) is 7.94. The highest BCUT2D eigenvalue weighted by molar-refractivity contribution is 5.90. The average molecular weight is 499 g/mol. The lowest BCUT2D eigenvalue weighted by Gasteiger charge is -2.34. The number of aromatic nitrogens is 3. The van der Waals surface area contributed by atoms with E-state index in [4.69, 9.17) is 9.57 Å². The van der Waals surface area contributed by atoms with Crippen molar-refractivity contribution in [2.24, 2.45) is 0 Å². The van der Waals surface area contributed by atoms with Gasteiger partial charge in [0.05, 0.1) is 12.2 Å². The Kier molecular flexibility index (Phi) is 7.99. The number of carbonyl (C=O) groups excluding carboxylic acids is 1. The van der Waals surface area contributed by atoms with Crippen molar-refractivity contribution >= 4 is 22.7 Å². The molecule has 5 rings (SSSR count). The molecule has 1 aliphatic rings. The molecule has 1 saturated heterocycles. The Balaban J connectivity index is 1.11. The van der Waals surface area contributed by atoms with Gasteiger partial charge in [0.25, 0.3) is 0 Å². The third-order valence-corrected chi connectivity index (χ3v) is 7.07. The van der Waals surface area contributed by atoms with E-state index in [-0.39, 0.29) is 0 Å². The Morgan fingerprint density at radius 3 is 2.43 bits per heavy atom. The number of nitrogens with zero attached hydrogens (tertiary/aromatic N) is 4. The standard InChI is InChI=1S/C30H34N4O3/c1-2-3-4-7-22-36-27-16-12-23(13-17-27)24-18-20-33(21-19-24)26-14-10-25(11-15-26)30(35)37-34-29-9-6-5-8-28(29)31-32-34/h5-6,8-17,24H,2-4,7,18-22H2,1H3. The van der Waals surface area contributed by atoms with Crippen molar-refractivity contribution in [2.45, 2.75) is 51.4 Å². The van der Waals surface area contributed by atoms with Crippen LogP contribution in [-0.4, -0.2) is 40.8 Å². The maximum atomic E-state index is 12.6. The van der Waals surface area contributed by atoms with E-state index in [1.54, 1.807) is 0 Å². The molecule has 0 radical (unpaired) electrons. The van der Waals surface area contributed by atoms with Crippen molar-refractivity contribution in [1.29, 1.82) is 0 Å². The summed E-state index contributed by atoms with van der Waals surface area (Å²) >= 11 is 0. The zero-order valence-corrected chi connectivity index (χ0v) is 21.4. The lowest BCUT2D eigenvalue weighted by Crippen LogP contribution is -2.32. The fourth-order valence-electron chi connectivity index (χ4n) is 4.88. The predicted octanol–water partition coefficient (Wildman–Crippen LogP) is 6.04. The number of rotatable bonds is 10. The molecule has 0 amide bonds. The van der Waals surface area contributed by atoms with Crippen molar-refractivity contribution < 1.29 is 14.4 Å². The van der Waals surface area contributed by atoms with Gasteiger partial charge in [0.1, 0.15) is 16.8 Å². The molecule has 0 aliphatic carbocycles. The Morgan fingerprint density at radius 2 is 1.68 bits per heavy atom. The van der Waals surface area contributed by atoms with Crippen LogP contribution in [0.4, 0.5) is 5.69 Å². The lowest BCUT2D eigenvalue weighted by atomic mass is 9.89. The smallest absolute Gasteiger partial charge is 0.365 e. The van der Waals surface area contributed by atoms with Crippen LogP contribution >= 0.6 is 0 Å². The van der Waals surface area contributed by atoms with Gasteiger partial charge in [-0.05, 0) is 84.5 Å². The second kappa shape index (κ2) is 11.9. The molecule has 1 aromatic heterocycles. The van der Waals surface area contributed by atoms with Gasteiger partial charge in [-0.25, -0.2) is 4.79 Å². The van der Waals surface area contributed by atoms with Crippen molar-refractivity contribution in [3.63, 3.8) is 0 Å². The Morgan fingerprint density at radius 1 is 0.919 bits per heavy atom. The lowest BCUT2D eigenvalue weighted by molar-refractivity contribution is 0.0409. The van der Waals surface area contributed by atoms with Crippen molar-refractivity contribution in [3.8, 4) is 5.75 Å². The summed E-state index contributed by atoms with van der Waals surface area (Å²) < 4.78 is 5.90. The highest BCUT2D eigenvalue weighted by Gasteiger charge is 2.21. The van der Waals surface area contributed by atoms with Gasteiger partial charge in [-0.1, -0.05) is 55.3 Å². The largest absolute Gasteiger partial charge is 0.494 e. The number of unbranched alkanes of at least 4 members (excludes halogenated alkanes) is 3. The molecular weight excluding hydrogens is 464 g/mol. The molecule has 4 aromatic rings. The summed E-state index contributed by atoms with van der Waals surface area (Å²) in [4.78, 5) is 21.6. The van der Waals surface area contributed by atoms with E-state index >= 15 is 0 Å². The van der Waals surface area contributed by atoms with Crippen molar-refractivity contribution in [2.75, 3.05) is 24.6 Å². The number of hydrogen-bond donors (Lipinski definition) is 0. The fraction of sp³-hybridized carbons (Fsp3) is 0.367. The molecule has 1 aliphatic heterocycles. The van der Waals surface area contributed by atoms with Crippen molar-refractivity contribution in [1.82, 2.24) is 15.2 Å². The van der Waals surface area contributed by atoms with Gasteiger partial charge in [0.2, 0.25) is 0 Å². The first kappa shape index (κ1) is 24.8. The number of fused-ring (bicyclic) bond motifs is 1. The molecule has 0 unspecified atom stereocenters. The number of piperidine rings is 1. The minimum atomic E-state index is -0.464. The number of carbonyl (C=O) groups is 1. The van der Waals surface area contributed by atoms with Crippen LogP contribution in [0.2, 0.25) is 0 Å². The monoisotopic (exact) mass is 498 g/mol. The van der Waals surface area contributed by atoms with Crippen LogP contribution in [0.25, 0.3) is 11.0 Å². The van der Waals surface area contributed by atoms with Gasteiger partial charge in [-0.15, -0.1) is 5.10 Å². The van der Waals surface area contributed by atoms with Crippen LogP contribution in [0.1, 0.15) is 67.3 Å². The van der Waals surface area contributed by atoms with Gasteiger partial charge in [0, 0.05) is 18.8 Å². The van der Waals surface area contributed by atoms with Gasteiger partial charge in [-0.3, -0.25) is 0 Å². The van der Waals surface area contributed by atoms with Crippen LogP contribution in [0, 0.1) is 0 Å². The first-order valence-electron chi connectivity index (χ1n) is 13.3. The maximum Gasteiger partial charge on any atom is 0.365 e. The quantitative estimate of drug-likeness (QED) is 0.196. The number of hydrogen-bond acceptors (Lipinski definition) is 6. The van der Waals surface area contributed by atoms with E-state index in [9.17, 15) is 4.79 Å². The number of benzene rings is 3. The third kappa shape index (κ3) is 6.10.